The van der Waals surface area contributed by atoms with Crippen molar-refractivity contribution in [1.82, 2.24) is 10.2 Å². The summed E-state index contributed by atoms with van der Waals surface area (Å²) in [6.07, 6.45) is 0. The molecule has 2 aromatic carbocycles. The lowest BCUT2D eigenvalue weighted by Gasteiger charge is -2.10. The van der Waals surface area contributed by atoms with Gasteiger partial charge in [0.15, 0.2) is 0 Å². The highest BCUT2D eigenvalue weighted by Crippen LogP contribution is 2.28. The number of amides is 1. The van der Waals surface area contributed by atoms with Crippen molar-refractivity contribution in [2.75, 3.05) is 5.32 Å². The quantitative estimate of drug-likeness (QED) is 0.649. The summed E-state index contributed by atoms with van der Waals surface area (Å²) < 4.78 is 5.68. The van der Waals surface area contributed by atoms with Crippen LogP contribution in [0.4, 0.5) is 5.69 Å². The number of halogens is 1. The highest BCUT2D eigenvalue weighted by Gasteiger charge is 2.19. The molecule has 1 unspecified atom stereocenters. The van der Waals surface area contributed by atoms with Crippen molar-refractivity contribution in [3.8, 4) is 11.5 Å². The molecular formula is C18H16ClN3O2S. The molecule has 3 aromatic rings. The fourth-order valence-corrected chi connectivity index (χ4v) is 3.07. The third-order valence-electron chi connectivity index (χ3n) is 3.52. The van der Waals surface area contributed by atoms with Gasteiger partial charge in [-0.15, -0.1) is 10.2 Å². The Kier molecular flexibility index (Phi) is 5.40. The zero-order valence-electron chi connectivity index (χ0n) is 13.7. The molecule has 7 heteroatoms. The largest absolute Gasteiger partial charge is 0.411 e. The monoisotopic (exact) mass is 373 g/mol. The number of nitrogens with one attached hydrogen (secondary N) is 1. The van der Waals surface area contributed by atoms with Crippen LogP contribution in [0.15, 0.2) is 58.2 Å². The second kappa shape index (κ2) is 7.72. The molecule has 5 nitrogen and oxygen atoms in total. The molecular weight excluding hydrogens is 358 g/mol. The minimum absolute atomic E-state index is 0.164. The Labute approximate surface area is 154 Å². The van der Waals surface area contributed by atoms with Gasteiger partial charge >= 0.3 is 0 Å². The highest BCUT2D eigenvalue weighted by atomic mass is 35.5. The molecule has 0 fully saturated rings. The molecule has 128 valence electrons. The van der Waals surface area contributed by atoms with Crippen LogP contribution in [0, 0.1) is 6.92 Å². The van der Waals surface area contributed by atoms with E-state index < -0.39 is 5.25 Å². The predicted octanol–water partition coefficient (Wildman–Crippen LogP) is 4.82. The van der Waals surface area contributed by atoms with E-state index in [9.17, 15) is 4.79 Å². The SMILES string of the molecule is Cc1ccccc1-c1nnc(SC(C)C(=O)Nc2cccc(Cl)c2)o1. The fourth-order valence-electron chi connectivity index (χ4n) is 2.19. The number of anilines is 1. The molecule has 0 radical (unpaired) electrons. The average Bonchev–Trinajstić information content (AvgIpc) is 3.03. The molecule has 0 spiro atoms. The smallest absolute Gasteiger partial charge is 0.277 e. The first-order valence-corrected chi connectivity index (χ1v) is 8.91. The summed E-state index contributed by atoms with van der Waals surface area (Å²) >= 11 is 7.13. The van der Waals surface area contributed by atoms with E-state index in [1.165, 1.54) is 11.8 Å². The van der Waals surface area contributed by atoms with Crippen LogP contribution >= 0.6 is 23.4 Å². The van der Waals surface area contributed by atoms with Crippen molar-refractivity contribution >= 4 is 35.0 Å². The molecule has 1 heterocycles. The second-order valence-electron chi connectivity index (χ2n) is 5.45. The molecule has 1 atom stereocenters. The highest BCUT2D eigenvalue weighted by molar-refractivity contribution is 8.00. The number of rotatable bonds is 5. The summed E-state index contributed by atoms with van der Waals surface area (Å²) in [4.78, 5) is 12.3. The first kappa shape index (κ1) is 17.5. The lowest BCUT2D eigenvalue weighted by Crippen LogP contribution is -2.22. The maximum absolute atomic E-state index is 12.3. The van der Waals surface area contributed by atoms with Crippen LogP contribution in [0.2, 0.25) is 5.02 Å². The molecule has 0 bridgehead atoms. The molecule has 1 N–H and O–H groups in total. The first-order chi connectivity index (χ1) is 12.0. The van der Waals surface area contributed by atoms with Crippen LogP contribution in [0.25, 0.3) is 11.5 Å². The number of benzene rings is 2. The third-order valence-corrected chi connectivity index (χ3v) is 4.69. The Bertz CT molecular complexity index is 897. The first-order valence-electron chi connectivity index (χ1n) is 7.65. The van der Waals surface area contributed by atoms with E-state index in [4.69, 9.17) is 16.0 Å². The van der Waals surface area contributed by atoms with Crippen molar-refractivity contribution in [1.29, 1.82) is 0 Å². The Balaban J connectivity index is 1.66. The molecule has 0 saturated carbocycles. The molecule has 1 amide bonds. The van der Waals surface area contributed by atoms with Crippen LogP contribution in [-0.2, 0) is 4.79 Å². The van der Waals surface area contributed by atoms with E-state index in [-0.39, 0.29) is 5.91 Å². The number of aryl methyl sites for hydroxylation is 1. The van der Waals surface area contributed by atoms with Crippen LogP contribution in [0.3, 0.4) is 0 Å². The predicted molar refractivity (Wildman–Crippen MR) is 99.9 cm³/mol. The fraction of sp³-hybridized carbons (Fsp3) is 0.167. The summed E-state index contributed by atoms with van der Waals surface area (Å²) in [5.74, 6) is 0.283. The van der Waals surface area contributed by atoms with Gasteiger partial charge in [0.1, 0.15) is 0 Å². The summed E-state index contributed by atoms with van der Waals surface area (Å²) in [6, 6.07) is 14.8. The molecule has 0 aliphatic heterocycles. The summed E-state index contributed by atoms with van der Waals surface area (Å²) in [5, 5.41) is 11.4. The van der Waals surface area contributed by atoms with E-state index in [0.29, 0.717) is 21.8 Å². The van der Waals surface area contributed by atoms with Crippen molar-refractivity contribution in [3.63, 3.8) is 0 Å². The van der Waals surface area contributed by atoms with E-state index in [1.54, 1.807) is 31.2 Å². The molecule has 0 aliphatic carbocycles. The zero-order chi connectivity index (χ0) is 17.8. The Morgan fingerprint density at radius 3 is 2.76 bits per heavy atom. The maximum Gasteiger partial charge on any atom is 0.277 e. The van der Waals surface area contributed by atoms with Crippen molar-refractivity contribution in [2.24, 2.45) is 0 Å². The molecule has 0 saturated heterocycles. The standard InChI is InChI=1S/C18H16ClN3O2S/c1-11-6-3-4-9-15(11)17-21-22-18(24-17)25-12(2)16(23)20-14-8-5-7-13(19)10-14/h3-10,12H,1-2H3,(H,20,23). The number of nitrogens with zero attached hydrogens (tertiary/aromatic N) is 2. The second-order valence-corrected chi connectivity index (χ2v) is 7.18. The van der Waals surface area contributed by atoms with Gasteiger partial charge in [-0.1, -0.05) is 47.6 Å². The van der Waals surface area contributed by atoms with Gasteiger partial charge < -0.3 is 9.73 Å². The van der Waals surface area contributed by atoms with E-state index in [1.807, 2.05) is 31.2 Å². The van der Waals surface area contributed by atoms with Crippen LogP contribution in [-0.4, -0.2) is 21.4 Å². The van der Waals surface area contributed by atoms with Crippen LogP contribution in [0.1, 0.15) is 12.5 Å². The van der Waals surface area contributed by atoms with Gasteiger partial charge in [0.25, 0.3) is 5.22 Å². The van der Waals surface area contributed by atoms with E-state index in [0.717, 1.165) is 11.1 Å². The van der Waals surface area contributed by atoms with Gasteiger partial charge in [-0.25, -0.2) is 0 Å². The van der Waals surface area contributed by atoms with Crippen LogP contribution < -0.4 is 5.32 Å². The van der Waals surface area contributed by atoms with Crippen molar-refractivity contribution in [3.05, 3.63) is 59.1 Å². The lowest BCUT2D eigenvalue weighted by molar-refractivity contribution is -0.115. The summed E-state index contributed by atoms with van der Waals surface area (Å²) in [6.45, 7) is 3.76. The normalized spacial score (nSPS) is 12.0. The minimum Gasteiger partial charge on any atom is -0.411 e. The number of carbonyl (C=O) groups excluding carboxylic acids is 1. The van der Waals surface area contributed by atoms with E-state index in [2.05, 4.69) is 15.5 Å². The molecule has 25 heavy (non-hydrogen) atoms. The number of carbonyl (C=O) groups is 1. The summed E-state index contributed by atoms with van der Waals surface area (Å²) in [5.41, 5.74) is 2.59. The van der Waals surface area contributed by atoms with Gasteiger partial charge in [-0.2, -0.15) is 0 Å². The van der Waals surface area contributed by atoms with Gasteiger partial charge in [0.05, 0.1) is 5.25 Å². The van der Waals surface area contributed by atoms with Gasteiger partial charge in [-0.05, 0) is 43.7 Å². The Hall–Kier alpha value is -2.31. The molecule has 0 aliphatic rings. The minimum atomic E-state index is -0.399. The maximum atomic E-state index is 12.3. The summed E-state index contributed by atoms with van der Waals surface area (Å²) in [7, 11) is 0. The van der Waals surface area contributed by atoms with Gasteiger partial charge in [-0.3, -0.25) is 4.79 Å². The van der Waals surface area contributed by atoms with E-state index >= 15 is 0 Å². The molecule has 1 aromatic heterocycles. The topological polar surface area (TPSA) is 68.0 Å². The number of thioether (sulfide) groups is 1. The number of aromatic nitrogens is 2. The zero-order valence-corrected chi connectivity index (χ0v) is 15.3. The van der Waals surface area contributed by atoms with Gasteiger partial charge in [0.2, 0.25) is 11.8 Å². The Morgan fingerprint density at radius 2 is 2.00 bits per heavy atom. The van der Waals surface area contributed by atoms with Crippen LogP contribution in [0.5, 0.6) is 0 Å². The molecule has 3 rings (SSSR count). The average molecular weight is 374 g/mol. The third kappa shape index (κ3) is 4.41. The Morgan fingerprint density at radius 1 is 1.20 bits per heavy atom. The lowest BCUT2D eigenvalue weighted by atomic mass is 10.1. The van der Waals surface area contributed by atoms with Gasteiger partial charge in [0, 0.05) is 16.3 Å². The number of hydrogen-bond donors (Lipinski definition) is 1. The van der Waals surface area contributed by atoms with Crippen molar-refractivity contribution in [2.45, 2.75) is 24.3 Å². The number of hydrogen-bond acceptors (Lipinski definition) is 5. The van der Waals surface area contributed by atoms with Crippen molar-refractivity contribution < 1.29 is 9.21 Å².